The van der Waals surface area contributed by atoms with E-state index in [1.165, 1.54) is 18.2 Å². The second-order valence-corrected chi connectivity index (χ2v) is 7.63. The Labute approximate surface area is 166 Å². The molecule has 0 aliphatic carbocycles. The number of rotatable bonds is 7. The Hall–Kier alpha value is -2.54. The van der Waals surface area contributed by atoms with E-state index in [2.05, 4.69) is 25.6 Å². The molecule has 13 heteroatoms. The molecule has 2 heterocycles. The number of amides is 1. The van der Waals surface area contributed by atoms with Crippen LogP contribution in [0.25, 0.3) is 0 Å². The fraction of sp³-hybridized carbons (Fsp3) is 0.333. The maximum absolute atomic E-state index is 12.2. The van der Waals surface area contributed by atoms with Crippen molar-refractivity contribution < 1.29 is 18.1 Å². The Bertz CT molecular complexity index is 977. The van der Waals surface area contributed by atoms with E-state index in [0.717, 1.165) is 30.3 Å². The summed E-state index contributed by atoms with van der Waals surface area (Å²) >= 11 is 0. The average Bonchev–Trinajstić information content (AvgIpc) is 3.09. The highest BCUT2D eigenvalue weighted by Crippen LogP contribution is 2.17. The van der Waals surface area contributed by atoms with E-state index < -0.39 is 20.9 Å². The zero-order valence-corrected chi connectivity index (χ0v) is 16.2. The Morgan fingerprint density at radius 3 is 2.86 bits per heavy atom. The largest absolute Gasteiger partial charge is 0.349 e. The fourth-order valence-electron chi connectivity index (χ4n) is 2.71. The first-order valence-corrected chi connectivity index (χ1v) is 9.66. The van der Waals surface area contributed by atoms with Crippen LogP contribution in [0.2, 0.25) is 0 Å². The highest BCUT2D eigenvalue weighted by Gasteiger charge is 2.21. The third-order valence-electron chi connectivity index (χ3n) is 4.06. The molecule has 0 fully saturated rings. The lowest BCUT2D eigenvalue weighted by atomic mass is 10.1. The average molecular weight is 431 g/mol. The Kier molecular flexibility index (Phi) is 7.07. The van der Waals surface area contributed by atoms with Gasteiger partial charge in [-0.25, -0.2) is 13.1 Å². The summed E-state index contributed by atoms with van der Waals surface area (Å²) in [5.74, 6) is -0.397. The van der Waals surface area contributed by atoms with Crippen molar-refractivity contribution >= 4 is 34.0 Å². The number of nitrogens with zero attached hydrogens (tertiary/aromatic N) is 2. The molecule has 0 radical (unpaired) electrons. The number of nitro groups is 1. The molecule has 3 rings (SSSR count). The van der Waals surface area contributed by atoms with Gasteiger partial charge in [-0.15, -0.1) is 12.4 Å². The number of fused-ring (bicyclic) bond motifs is 1. The summed E-state index contributed by atoms with van der Waals surface area (Å²) < 4.78 is 26.7. The summed E-state index contributed by atoms with van der Waals surface area (Å²) in [5.41, 5.74) is 1.71. The number of hydrogen-bond donors (Lipinski definition) is 4. The highest BCUT2D eigenvalue weighted by molar-refractivity contribution is 7.89. The number of halogens is 1. The van der Waals surface area contributed by atoms with Crippen molar-refractivity contribution in [2.24, 2.45) is 0 Å². The molecular formula is C15H19ClN6O5S. The molecular weight excluding hydrogens is 412 g/mol. The molecule has 0 unspecified atom stereocenters. The van der Waals surface area contributed by atoms with Gasteiger partial charge in [0.15, 0.2) is 5.69 Å². The van der Waals surface area contributed by atoms with Gasteiger partial charge in [0.2, 0.25) is 10.0 Å². The van der Waals surface area contributed by atoms with E-state index >= 15 is 0 Å². The molecule has 0 atom stereocenters. The third-order valence-corrected chi connectivity index (χ3v) is 5.52. The molecule has 0 bridgehead atoms. The number of hydrogen-bond acceptors (Lipinski definition) is 7. The van der Waals surface area contributed by atoms with E-state index in [0.29, 0.717) is 12.2 Å². The molecule has 1 aliphatic heterocycles. The van der Waals surface area contributed by atoms with Crippen molar-refractivity contribution in [3.05, 3.63) is 51.3 Å². The van der Waals surface area contributed by atoms with Crippen LogP contribution in [-0.2, 0) is 23.0 Å². The zero-order chi connectivity index (χ0) is 19.4. The molecule has 4 N–H and O–H groups in total. The minimum absolute atomic E-state index is 0. The van der Waals surface area contributed by atoms with Gasteiger partial charge in [-0.1, -0.05) is 6.07 Å². The number of aromatic nitrogens is 2. The molecule has 2 aromatic rings. The van der Waals surface area contributed by atoms with Gasteiger partial charge in [0, 0.05) is 56.0 Å². The predicted octanol–water partition coefficient (Wildman–Crippen LogP) is 0.0937. The summed E-state index contributed by atoms with van der Waals surface area (Å²) in [6.45, 7) is 1.34. The molecule has 0 saturated heterocycles. The van der Waals surface area contributed by atoms with Gasteiger partial charge >= 0.3 is 0 Å². The highest BCUT2D eigenvalue weighted by atomic mass is 35.5. The second-order valence-electron chi connectivity index (χ2n) is 5.86. The molecule has 0 spiro atoms. The Morgan fingerprint density at radius 1 is 1.32 bits per heavy atom. The number of aromatic amines is 1. The first-order valence-electron chi connectivity index (χ1n) is 8.17. The lowest BCUT2D eigenvalue weighted by Crippen LogP contribution is -2.35. The van der Waals surface area contributed by atoms with Gasteiger partial charge in [0.1, 0.15) is 0 Å². The predicted molar refractivity (Wildman–Crippen MR) is 102 cm³/mol. The number of benzene rings is 1. The van der Waals surface area contributed by atoms with Gasteiger partial charge in [-0.2, -0.15) is 5.10 Å². The van der Waals surface area contributed by atoms with E-state index in [1.807, 2.05) is 0 Å². The minimum atomic E-state index is -3.92. The van der Waals surface area contributed by atoms with Crippen LogP contribution < -0.4 is 15.4 Å². The topological polar surface area (TPSA) is 159 Å². The van der Waals surface area contributed by atoms with Gasteiger partial charge in [0.25, 0.3) is 11.6 Å². The van der Waals surface area contributed by atoms with E-state index in [1.54, 1.807) is 0 Å². The summed E-state index contributed by atoms with van der Waals surface area (Å²) in [5, 5.41) is 23.4. The third kappa shape index (κ3) is 4.84. The van der Waals surface area contributed by atoms with E-state index in [9.17, 15) is 23.3 Å². The quantitative estimate of drug-likeness (QED) is 0.275. The van der Waals surface area contributed by atoms with Gasteiger partial charge in [0.05, 0.1) is 9.82 Å². The van der Waals surface area contributed by atoms with Crippen LogP contribution in [0.5, 0.6) is 0 Å². The maximum Gasteiger partial charge on any atom is 0.272 e. The number of carbonyl (C=O) groups is 1. The minimum Gasteiger partial charge on any atom is -0.349 e. The molecule has 0 saturated carbocycles. The number of carbonyl (C=O) groups excluding carboxylic acids is 1. The SMILES string of the molecule is Cl.O=C(NCCNS(=O)(=O)c1cccc([N+](=O)[O-])c1)c1n[nH]c2c1CNCC2. The monoisotopic (exact) mass is 430 g/mol. The molecule has 1 amide bonds. The molecule has 152 valence electrons. The maximum atomic E-state index is 12.2. The lowest BCUT2D eigenvalue weighted by Gasteiger charge is -2.13. The number of nitrogens with one attached hydrogen (secondary N) is 4. The Balaban J connectivity index is 0.00000280. The number of non-ortho nitro benzene ring substituents is 1. The molecule has 1 aromatic heterocycles. The van der Waals surface area contributed by atoms with Crippen LogP contribution in [0, 0.1) is 10.1 Å². The number of sulfonamides is 1. The summed E-state index contributed by atoms with van der Waals surface area (Å²) in [6.07, 6.45) is 0.763. The van der Waals surface area contributed by atoms with Crippen molar-refractivity contribution in [1.29, 1.82) is 0 Å². The molecule has 11 nitrogen and oxygen atoms in total. The summed E-state index contributed by atoms with van der Waals surface area (Å²) in [4.78, 5) is 22.1. The van der Waals surface area contributed by atoms with Gasteiger partial charge in [-0.05, 0) is 6.07 Å². The van der Waals surface area contributed by atoms with Crippen LogP contribution in [0.15, 0.2) is 29.2 Å². The summed E-state index contributed by atoms with van der Waals surface area (Å²) in [7, 11) is -3.92. The number of H-pyrrole nitrogens is 1. The molecule has 1 aromatic carbocycles. The normalized spacial score (nSPS) is 13.3. The molecule has 28 heavy (non-hydrogen) atoms. The second kappa shape index (κ2) is 9.10. The van der Waals surface area contributed by atoms with Crippen molar-refractivity contribution in [3.63, 3.8) is 0 Å². The van der Waals surface area contributed by atoms with Gasteiger partial charge < -0.3 is 10.6 Å². The van der Waals surface area contributed by atoms with Crippen molar-refractivity contribution in [1.82, 2.24) is 25.6 Å². The van der Waals surface area contributed by atoms with Crippen LogP contribution in [0.4, 0.5) is 5.69 Å². The lowest BCUT2D eigenvalue weighted by molar-refractivity contribution is -0.385. The first-order chi connectivity index (χ1) is 12.9. The van der Waals surface area contributed by atoms with E-state index in [-0.39, 0.29) is 36.1 Å². The Morgan fingerprint density at radius 2 is 2.11 bits per heavy atom. The van der Waals surface area contributed by atoms with Crippen LogP contribution in [0.3, 0.4) is 0 Å². The van der Waals surface area contributed by atoms with Crippen molar-refractivity contribution in [2.75, 3.05) is 19.6 Å². The first kappa shape index (κ1) is 21.8. The van der Waals surface area contributed by atoms with Crippen molar-refractivity contribution in [2.45, 2.75) is 17.9 Å². The summed E-state index contributed by atoms with van der Waals surface area (Å²) in [6, 6.07) is 4.74. The van der Waals surface area contributed by atoms with Crippen LogP contribution in [-0.4, -0.2) is 49.1 Å². The number of nitro benzene ring substituents is 1. The smallest absolute Gasteiger partial charge is 0.272 e. The molecule has 1 aliphatic rings. The standard InChI is InChI=1S/C15H18N6O5S.ClH/c22-15(14-12-9-16-5-4-13(12)19-20-14)17-6-7-18-27(25,26)11-3-1-2-10(8-11)21(23)24;/h1-3,8,16,18H,4-7,9H2,(H,17,22)(H,19,20);1H. The van der Waals surface area contributed by atoms with Crippen LogP contribution >= 0.6 is 12.4 Å². The zero-order valence-electron chi connectivity index (χ0n) is 14.6. The van der Waals surface area contributed by atoms with E-state index in [4.69, 9.17) is 0 Å². The van der Waals surface area contributed by atoms with Crippen LogP contribution in [0.1, 0.15) is 21.7 Å². The fourth-order valence-corrected chi connectivity index (χ4v) is 3.78. The van der Waals surface area contributed by atoms with Crippen molar-refractivity contribution in [3.8, 4) is 0 Å². The van der Waals surface area contributed by atoms with Gasteiger partial charge in [-0.3, -0.25) is 20.0 Å².